The monoisotopic (exact) mass is 552 g/mol. The number of carbonyl (C=O) groups is 1. The first-order valence-electron chi connectivity index (χ1n) is 10.5. The number of aryl methyl sites for hydroxylation is 1. The number of nitrogens with zero attached hydrogens (tertiary/aromatic N) is 2. The second kappa shape index (κ2) is 9.46. The van der Waals surface area contributed by atoms with Gasteiger partial charge in [-0.2, -0.15) is 0 Å². The van der Waals surface area contributed by atoms with E-state index in [1.807, 2.05) is 0 Å². The summed E-state index contributed by atoms with van der Waals surface area (Å²) in [4.78, 5) is 40.5. The lowest BCUT2D eigenvalue weighted by molar-refractivity contribution is -0.129. The number of benzene rings is 1. The fourth-order valence-corrected chi connectivity index (χ4v) is 5.33. The standard InChI is InChI=1S/C23H26BrFN4O4S/c1-11(2)27-21(31)23(4,5)29-19(30)17-12(3)18(24)34-20(17)28(22(29)32)10-15(26)14-9-13(25)7-8-16(14)33-6/h7-9,11,26H,10H2,1-6H3,(H,27,31). The molecule has 0 spiro atoms. The maximum Gasteiger partial charge on any atom is 0.333 e. The molecule has 0 saturated carbocycles. The summed E-state index contributed by atoms with van der Waals surface area (Å²) in [5.74, 6) is -0.755. The van der Waals surface area contributed by atoms with Crippen molar-refractivity contribution >= 4 is 49.1 Å². The number of ether oxygens (including phenoxy) is 1. The van der Waals surface area contributed by atoms with Gasteiger partial charge in [0.2, 0.25) is 5.91 Å². The van der Waals surface area contributed by atoms with E-state index >= 15 is 0 Å². The summed E-state index contributed by atoms with van der Waals surface area (Å²) in [6.45, 7) is 8.05. The molecule has 0 unspecified atom stereocenters. The molecule has 0 saturated heterocycles. The van der Waals surface area contributed by atoms with Crippen molar-refractivity contribution in [2.24, 2.45) is 0 Å². The summed E-state index contributed by atoms with van der Waals surface area (Å²) >= 11 is 4.62. The minimum Gasteiger partial charge on any atom is -0.496 e. The van der Waals surface area contributed by atoms with Crippen LogP contribution in [0.25, 0.3) is 10.2 Å². The average molecular weight is 553 g/mol. The van der Waals surface area contributed by atoms with E-state index in [4.69, 9.17) is 10.1 Å². The van der Waals surface area contributed by atoms with Gasteiger partial charge in [0.15, 0.2) is 0 Å². The van der Waals surface area contributed by atoms with Crippen molar-refractivity contribution < 1.29 is 13.9 Å². The highest BCUT2D eigenvalue weighted by atomic mass is 79.9. The number of hydrogen-bond donors (Lipinski definition) is 2. The molecule has 2 heterocycles. The van der Waals surface area contributed by atoms with Crippen LogP contribution in [0.4, 0.5) is 4.39 Å². The first-order chi connectivity index (χ1) is 15.8. The summed E-state index contributed by atoms with van der Waals surface area (Å²) < 4.78 is 22.0. The number of halogens is 2. The summed E-state index contributed by atoms with van der Waals surface area (Å²) in [5, 5.41) is 11.7. The minimum atomic E-state index is -1.51. The van der Waals surface area contributed by atoms with Gasteiger partial charge >= 0.3 is 5.69 Å². The fraction of sp³-hybridized carbons (Fsp3) is 0.391. The molecular formula is C23H26BrFN4O4S. The van der Waals surface area contributed by atoms with Gasteiger partial charge in [-0.1, -0.05) is 0 Å². The molecule has 34 heavy (non-hydrogen) atoms. The number of thiophene rings is 1. The smallest absolute Gasteiger partial charge is 0.333 e. The Labute approximate surface area is 208 Å². The molecule has 3 aromatic rings. The van der Waals surface area contributed by atoms with Gasteiger partial charge in [0.05, 0.1) is 28.5 Å². The highest BCUT2D eigenvalue weighted by Gasteiger charge is 2.35. The third-order valence-electron chi connectivity index (χ3n) is 5.49. The largest absolute Gasteiger partial charge is 0.496 e. The molecule has 0 aliphatic rings. The fourth-order valence-electron chi connectivity index (χ4n) is 3.65. The average Bonchev–Trinajstić information content (AvgIpc) is 3.04. The van der Waals surface area contributed by atoms with Crippen LogP contribution in [0, 0.1) is 18.2 Å². The van der Waals surface area contributed by atoms with Crippen molar-refractivity contribution in [3.8, 4) is 5.75 Å². The summed E-state index contributed by atoms with van der Waals surface area (Å²) in [6.07, 6.45) is 0. The van der Waals surface area contributed by atoms with Crippen LogP contribution in [0.15, 0.2) is 31.6 Å². The zero-order chi connectivity index (χ0) is 25.5. The van der Waals surface area contributed by atoms with Gasteiger partial charge in [-0.3, -0.25) is 14.2 Å². The molecular weight excluding hydrogens is 527 g/mol. The quantitative estimate of drug-likeness (QED) is 0.435. The molecule has 0 aliphatic heterocycles. The highest BCUT2D eigenvalue weighted by molar-refractivity contribution is 9.11. The summed E-state index contributed by atoms with van der Waals surface area (Å²) in [6, 6.07) is 3.59. The molecule has 2 N–H and O–H groups in total. The SMILES string of the molecule is COc1ccc(F)cc1C(=N)Cn1c(=O)n(C(C)(C)C(=O)NC(C)C)c(=O)c2c(C)c(Br)sc21. The third kappa shape index (κ3) is 4.46. The van der Waals surface area contributed by atoms with Crippen molar-refractivity contribution in [2.75, 3.05) is 7.11 Å². The van der Waals surface area contributed by atoms with E-state index in [2.05, 4.69) is 21.2 Å². The maximum absolute atomic E-state index is 13.9. The van der Waals surface area contributed by atoms with Crippen LogP contribution in [0.3, 0.4) is 0 Å². The Morgan fingerprint density at radius 1 is 1.32 bits per heavy atom. The zero-order valence-corrected chi connectivity index (χ0v) is 22.1. The van der Waals surface area contributed by atoms with E-state index < -0.39 is 28.5 Å². The van der Waals surface area contributed by atoms with Crippen molar-refractivity contribution in [1.82, 2.24) is 14.5 Å². The lowest BCUT2D eigenvalue weighted by atomic mass is 10.0. The Morgan fingerprint density at radius 3 is 2.56 bits per heavy atom. The molecule has 0 aliphatic carbocycles. The first-order valence-corrected chi connectivity index (χ1v) is 12.1. The first kappa shape index (κ1) is 25.8. The second-order valence-corrected chi connectivity index (χ2v) is 11.0. The van der Waals surface area contributed by atoms with E-state index in [9.17, 15) is 18.8 Å². The summed E-state index contributed by atoms with van der Waals surface area (Å²) in [7, 11) is 1.41. The Bertz CT molecular complexity index is 1420. The van der Waals surface area contributed by atoms with Gasteiger partial charge < -0.3 is 15.5 Å². The second-order valence-electron chi connectivity index (χ2n) is 8.70. The Morgan fingerprint density at radius 2 is 1.97 bits per heavy atom. The number of amides is 1. The molecule has 0 radical (unpaired) electrons. The third-order valence-corrected chi connectivity index (χ3v) is 7.68. The van der Waals surface area contributed by atoms with Crippen LogP contribution in [0.5, 0.6) is 5.75 Å². The Balaban J connectivity index is 2.29. The van der Waals surface area contributed by atoms with E-state index in [1.165, 1.54) is 49.0 Å². The molecule has 1 amide bonds. The van der Waals surface area contributed by atoms with Gasteiger partial charge in [-0.15, -0.1) is 11.3 Å². The lowest BCUT2D eigenvalue weighted by Gasteiger charge is -2.27. The van der Waals surface area contributed by atoms with Crippen LogP contribution in [-0.2, 0) is 16.9 Å². The van der Waals surface area contributed by atoms with Crippen LogP contribution in [-0.4, -0.2) is 33.9 Å². The number of rotatable bonds is 7. The normalized spacial score (nSPS) is 11.8. The van der Waals surface area contributed by atoms with E-state index in [1.54, 1.807) is 20.8 Å². The van der Waals surface area contributed by atoms with Crippen molar-refractivity contribution in [1.29, 1.82) is 5.41 Å². The van der Waals surface area contributed by atoms with Crippen molar-refractivity contribution in [3.05, 3.63) is 59.8 Å². The summed E-state index contributed by atoms with van der Waals surface area (Å²) in [5.41, 5.74) is -2.11. The predicted octanol–water partition coefficient (Wildman–Crippen LogP) is 3.77. The highest BCUT2D eigenvalue weighted by Crippen LogP contribution is 2.33. The predicted molar refractivity (Wildman–Crippen MR) is 135 cm³/mol. The van der Waals surface area contributed by atoms with E-state index in [0.717, 1.165) is 10.6 Å². The maximum atomic E-state index is 13.9. The van der Waals surface area contributed by atoms with E-state index in [0.29, 0.717) is 14.2 Å². The van der Waals surface area contributed by atoms with Crippen molar-refractivity contribution in [2.45, 2.75) is 52.7 Å². The van der Waals surface area contributed by atoms with Gasteiger partial charge in [0, 0.05) is 11.6 Å². The van der Waals surface area contributed by atoms with Gasteiger partial charge in [-0.05, 0) is 74.3 Å². The number of carbonyl (C=O) groups excluding carboxylic acids is 1. The van der Waals surface area contributed by atoms with Gasteiger partial charge in [-0.25, -0.2) is 13.8 Å². The van der Waals surface area contributed by atoms with Gasteiger partial charge in [0.1, 0.15) is 21.9 Å². The van der Waals surface area contributed by atoms with E-state index in [-0.39, 0.29) is 35.0 Å². The van der Waals surface area contributed by atoms with Crippen molar-refractivity contribution in [3.63, 3.8) is 0 Å². The zero-order valence-electron chi connectivity index (χ0n) is 19.7. The molecule has 0 atom stereocenters. The van der Waals surface area contributed by atoms with Crippen LogP contribution in [0.1, 0.15) is 38.8 Å². The number of hydrogen-bond acceptors (Lipinski definition) is 6. The number of methoxy groups -OCH3 is 1. The number of aromatic nitrogens is 2. The van der Waals surface area contributed by atoms with Gasteiger partial charge in [0.25, 0.3) is 5.56 Å². The molecule has 2 aromatic heterocycles. The molecule has 182 valence electrons. The molecule has 8 nitrogen and oxygen atoms in total. The Hall–Kier alpha value is -2.79. The molecule has 1 aromatic carbocycles. The molecule has 3 rings (SSSR count). The van der Waals surface area contributed by atoms with Crippen LogP contribution >= 0.6 is 27.3 Å². The molecule has 0 bridgehead atoms. The topological polar surface area (TPSA) is 106 Å². The molecule has 11 heteroatoms. The molecule has 0 fully saturated rings. The minimum absolute atomic E-state index is 0.0865. The lowest BCUT2D eigenvalue weighted by Crippen LogP contribution is -2.56. The Kier molecular flexibility index (Phi) is 7.18. The van der Waals surface area contributed by atoms with Crippen LogP contribution in [0.2, 0.25) is 0 Å². The number of nitrogens with one attached hydrogen (secondary N) is 2. The number of fused-ring (bicyclic) bond motifs is 1. The van der Waals surface area contributed by atoms with Crippen LogP contribution < -0.4 is 21.3 Å².